The molecule has 3 rings (SSSR count). The Kier molecular flexibility index (Phi) is 6.01. The van der Waals surface area contributed by atoms with Crippen LogP contribution in [0.4, 0.5) is 0 Å². The van der Waals surface area contributed by atoms with Gasteiger partial charge in [0.25, 0.3) is 0 Å². The molecule has 144 valence electrons. The topological polar surface area (TPSA) is 29.1 Å². The van der Waals surface area contributed by atoms with E-state index >= 15 is 0 Å². The van der Waals surface area contributed by atoms with Crippen molar-refractivity contribution in [3.63, 3.8) is 0 Å². The molecule has 0 radical (unpaired) electrons. The number of rotatable bonds is 5. The first-order chi connectivity index (χ1) is 13.4. The molecule has 0 aliphatic rings. The van der Waals surface area contributed by atoms with Crippen LogP contribution in [0.25, 0.3) is 0 Å². The van der Waals surface area contributed by atoms with E-state index in [9.17, 15) is 4.79 Å². The number of amides is 1. The molecule has 0 saturated heterocycles. The van der Waals surface area contributed by atoms with E-state index < -0.39 is 12.7 Å². The molecule has 0 spiro atoms. The molecular formula is C25H29NOP+. The highest BCUT2D eigenvalue weighted by Crippen LogP contribution is 2.58. The van der Waals surface area contributed by atoms with Crippen molar-refractivity contribution < 1.29 is 4.79 Å². The van der Waals surface area contributed by atoms with Crippen molar-refractivity contribution >= 4 is 29.1 Å². The Morgan fingerprint density at radius 2 is 1.04 bits per heavy atom. The Labute approximate surface area is 169 Å². The van der Waals surface area contributed by atoms with Crippen molar-refractivity contribution in [3.8, 4) is 0 Å². The predicted octanol–water partition coefficient (Wildman–Crippen LogP) is 4.49. The van der Waals surface area contributed by atoms with Crippen molar-refractivity contribution in [2.45, 2.75) is 33.5 Å². The van der Waals surface area contributed by atoms with Crippen molar-refractivity contribution in [1.29, 1.82) is 0 Å². The molecule has 0 aromatic heterocycles. The summed E-state index contributed by atoms with van der Waals surface area (Å²) in [5, 5.41) is 7.18. The van der Waals surface area contributed by atoms with Crippen molar-refractivity contribution in [2.24, 2.45) is 5.41 Å². The first-order valence-electron chi connectivity index (χ1n) is 9.73. The third-order valence-corrected chi connectivity index (χ3v) is 9.72. The van der Waals surface area contributed by atoms with Gasteiger partial charge in [-0.3, -0.25) is 4.79 Å². The number of carbonyl (C=O) groups is 1. The van der Waals surface area contributed by atoms with Gasteiger partial charge in [0.15, 0.2) is 5.78 Å². The molecule has 2 nitrogen and oxygen atoms in total. The van der Waals surface area contributed by atoms with Crippen LogP contribution < -0.4 is 21.2 Å². The normalized spacial score (nSPS) is 13.0. The first kappa shape index (κ1) is 20.3. The molecule has 0 aliphatic carbocycles. The maximum atomic E-state index is 12.9. The number of hydrogen-bond acceptors (Lipinski definition) is 1. The van der Waals surface area contributed by atoms with E-state index in [2.05, 4.69) is 85.0 Å². The largest absolute Gasteiger partial charge is 0.320 e. The van der Waals surface area contributed by atoms with Crippen LogP contribution in [0.15, 0.2) is 91.0 Å². The van der Waals surface area contributed by atoms with Gasteiger partial charge < -0.3 is 5.32 Å². The van der Waals surface area contributed by atoms with E-state index in [1.54, 1.807) is 0 Å². The fourth-order valence-electron chi connectivity index (χ4n) is 3.61. The van der Waals surface area contributed by atoms with E-state index in [4.69, 9.17) is 0 Å². The SMILES string of the molecule is CC(NC(=O)C(C)(C)C)[P+](c1ccccc1)(c1ccccc1)c1ccccc1. The minimum Gasteiger partial charge on any atom is -0.320 e. The van der Waals surface area contributed by atoms with Gasteiger partial charge in [-0.1, -0.05) is 75.4 Å². The Morgan fingerprint density at radius 1 is 0.714 bits per heavy atom. The van der Waals surface area contributed by atoms with E-state index in [0.29, 0.717) is 0 Å². The highest BCUT2D eigenvalue weighted by Gasteiger charge is 2.51. The van der Waals surface area contributed by atoms with Gasteiger partial charge in [-0.25, -0.2) is 0 Å². The Balaban J connectivity index is 2.27. The minimum atomic E-state index is -2.10. The van der Waals surface area contributed by atoms with Crippen LogP contribution in [0.1, 0.15) is 27.7 Å². The first-order valence-corrected chi connectivity index (χ1v) is 11.6. The number of hydrogen-bond donors (Lipinski definition) is 1. The zero-order valence-corrected chi connectivity index (χ0v) is 18.0. The molecule has 28 heavy (non-hydrogen) atoms. The molecule has 3 aromatic rings. The third-order valence-electron chi connectivity index (χ3n) is 5.09. The molecular weight excluding hydrogens is 361 g/mol. The molecule has 3 aromatic carbocycles. The standard InChI is InChI=1S/C25H28NOP/c1-20(26-24(27)25(2,3)4)28(21-14-8-5-9-15-21,22-16-10-6-11-17-22)23-18-12-7-13-19-23/h5-20H,1-4H3/p+1. The third kappa shape index (κ3) is 3.88. The molecule has 1 N–H and O–H groups in total. The van der Waals surface area contributed by atoms with Crippen molar-refractivity contribution in [2.75, 3.05) is 0 Å². The van der Waals surface area contributed by atoms with Crippen molar-refractivity contribution in [1.82, 2.24) is 5.32 Å². The molecule has 0 fully saturated rings. The maximum Gasteiger partial charge on any atom is 0.228 e. The molecule has 0 heterocycles. The van der Waals surface area contributed by atoms with E-state index in [-0.39, 0.29) is 11.7 Å². The fourth-order valence-corrected chi connectivity index (χ4v) is 8.08. The molecule has 1 atom stereocenters. The Morgan fingerprint density at radius 3 is 1.32 bits per heavy atom. The fraction of sp³-hybridized carbons (Fsp3) is 0.240. The van der Waals surface area contributed by atoms with Gasteiger partial charge in [-0.05, 0) is 43.3 Å². The molecule has 3 heteroatoms. The second kappa shape index (κ2) is 8.29. The molecule has 0 saturated carbocycles. The summed E-state index contributed by atoms with van der Waals surface area (Å²) < 4.78 is 0. The molecule has 1 amide bonds. The van der Waals surface area contributed by atoms with E-state index in [0.717, 1.165) is 0 Å². The lowest BCUT2D eigenvalue weighted by atomic mass is 9.96. The van der Waals surface area contributed by atoms with Gasteiger partial charge in [0.05, 0.1) is 0 Å². The maximum absolute atomic E-state index is 12.9. The summed E-state index contributed by atoms with van der Waals surface area (Å²) in [5.41, 5.74) is -0.437. The summed E-state index contributed by atoms with van der Waals surface area (Å²) in [6.07, 6.45) is 0. The minimum absolute atomic E-state index is 0.0357. The van der Waals surface area contributed by atoms with Crippen LogP contribution in [0, 0.1) is 5.41 Å². The second-order valence-electron chi connectivity index (χ2n) is 8.13. The average molecular weight is 390 g/mol. The zero-order valence-electron chi connectivity index (χ0n) is 17.1. The summed E-state index contributed by atoms with van der Waals surface area (Å²) in [5.74, 6) is 0.0404. The smallest absolute Gasteiger partial charge is 0.228 e. The number of carbonyl (C=O) groups excluding carboxylic acids is 1. The summed E-state index contributed by atoms with van der Waals surface area (Å²) >= 11 is 0. The average Bonchev–Trinajstić information content (AvgIpc) is 2.70. The highest BCUT2D eigenvalue weighted by atomic mass is 31.2. The summed E-state index contributed by atoms with van der Waals surface area (Å²) in [4.78, 5) is 12.9. The van der Waals surface area contributed by atoms with Gasteiger partial charge in [-0.15, -0.1) is 0 Å². The van der Waals surface area contributed by atoms with E-state index in [1.807, 2.05) is 39.0 Å². The quantitative estimate of drug-likeness (QED) is 0.639. The van der Waals surface area contributed by atoms with Gasteiger partial charge >= 0.3 is 0 Å². The van der Waals surface area contributed by atoms with E-state index in [1.165, 1.54) is 15.9 Å². The molecule has 1 unspecified atom stereocenters. The monoisotopic (exact) mass is 390 g/mol. The van der Waals surface area contributed by atoms with Crippen LogP contribution in [0.5, 0.6) is 0 Å². The zero-order chi connectivity index (χ0) is 20.2. The number of benzene rings is 3. The van der Waals surface area contributed by atoms with Crippen LogP contribution in [-0.2, 0) is 4.79 Å². The van der Waals surface area contributed by atoms with Crippen molar-refractivity contribution in [3.05, 3.63) is 91.0 Å². The Bertz CT molecular complexity index is 805. The summed E-state index contributed by atoms with van der Waals surface area (Å²) in [7, 11) is -2.10. The van der Waals surface area contributed by atoms with Crippen LogP contribution in [0.2, 0.25) is 0 Å². The second-order valence-corrected chi connectivity index (χ2v) is 11.9. The molecule has 0 aliphatic heterocycles. The van der Waals surface area contributed by atoms with Gasteiger partial charge in [0.2, 0.25) is 5.91 Å². The van der Waals surface area contributed by atoms with Crippen LogP contribution in [0.3, 0.4) is 0 Å². The lowest BCUT2D eigenvalue weighted by Crippen LogP contribution is -2.48. The van der Waals surface area contributed by atoms with Crippen LogP contribution >= 0.6 is 7.26 Å². The summed E-state index contributed by atoms with van der Waals surface area (Å²) in [6, 6.07) is 31.9. The number of nitrogens with one attached hydrogen (secondary N) is 1. The predicted molar refractivity (Wildman–Crippen MR) is 122 cm³/mol. The lowest BCUT2D eigenvalue weighted by Gasteiger charge is -2.34. The summed E-state index contributed by atoms with van der Waals surface area (Å²) in [6.45, 7) is 8.04. The van der Waals surface area contributed by atoms with Gasteiger partial charge in [0.1, 0.15) is 23.2 Å². The van der Waals surface area contributed by atoms with Gasteiger partial charge in [0, 0.05) is 5.41 Å². The lowest BCUT2D eigenvalue weighted by molar-refractivity contribution is -0.128. The Hall–Kier alpha value is -2.44. The highest BCUT2D eigenvalue weighted by molar-refractivity contribution is 7.96. The van der Waals surface area contributed by atoms with Crippen LogP contribution in [-0.4, -0.2) is 11.7 Å². The van der Waals surface area contributed by atoms with Gasteiger partial charge in [-0.2, -0.15) is 0 Å². The molecule has 0 bridgehead atoms.